The predicted octanol–water partition coefficient (Wildman–Crippen LogP) is 0.773. The van der Waals surface area contributed by atoms with Gasteiger partial charge in [-0.1, -0.05) is 20.3 Å². The molecule has 19 heavy (non-hydrogen) atoms. The number of amides is 1. The third kappa shape index (κ3) is 3.39. The molecule has 0 saturated heterocycles. The Morgan fingerprint density at radius 2 is 2.21 bits per heavy atom. The molecular formula is C13H25N5O. The number of rotatable bonds is 6. The van der Waals surface area contributed by atoms with Gasteiger partial charge in [0.1, 0.15) is 5.82 Å². The molecule has 0 spiro atoms. The maximum atomic E-state index is 11.6. The number of carbonyl (C=O) groups excluding carboxylic acids is 1. The fourth-order valence-corrected chi connectivity index (χ4v) is 2.29. The number of nitrogens with one attached hydrogen (secondary N) is 1. The fraction of sp³-hybridized carbons (Fsp3) is 0.692. The van der Waals surface area contributed by atoms with Crippen molar-refractivity contribution in [1.82, 2.24) is 15.1 Å². The first-order chi connectivity index (χ1) is 8.92. The molecule has 1 rings (SSSR count). The third-order valence-corrected chi connectivity index (χ3v) is 3.22. The van der Waals surface area contributed by atoms with Crippen molar-refractivity contribution in [1.29, 1.82) is 0 Å². The van der Waals surface area contributed by atoms with E-state index in [-0.39, 0.29) is 11.8 Å². The molecule has 0 aliphatic rings. The van der Waals surface area contributed by atoms with E-state index < -0.39 is 0 Å². The van der Waals surface area contributed by atoms with E-state index >= 15 is 0 Å². The summed E-state index contributed by atoms with van der Waals surface area (Å²) >= 11 is 0. The van der Waals surface area contributed by atoms with Gasteiger partial charge in [0.25, 0.3) is 0 Å². The summed E-state index contributed by atoms with van der Waals surface area (Å²) in [5.74, 6) is 0.805. The van der Waals surface area contributed by atoms with Crippen LogP contribution in [0.4, 0.5) is 11.5 Å². The fourth-order valence-electron chi connectivity index (χ4n) is 2.29. The summed E-state index contributed by atoms with van der Waals surface area (Å²) in [4.78, 5) is 13.6. The van der Waals surface area contributed by atoms with Gasteiger partial charge in [-0.15, -0.1) is 0 Å². The van der Waals surface area contributed by atoms with Gasteiger partial charge in [-0.25, -0.2) is 0 Å². The molecule has 1 heterocycles. The van der Waals surface area contributed by atoms with Crippen molar-refractivity contribution in [2.75, 3.05) is 31.3 Å². The predicted molar refractivity (Wildman–Crippen MR) is 78.1 cm³/mol. The minimum absolute atomic E-state index is 0.0290. The van der Waals surface area contributed by atoms with Crippen LogP contribution < -0.4 is 16.0 Å². The van der Waals surface area contributed by atoms with Gasteiger partial charge >= 0.3 is 0 Å². The highest BCUT2D eigenvalue weighted by Gasteiger charge is 2.20. The second-order valence-electron chi connectivity index (χ2n) is 4.95. The lowest BCUT2D eigenvalue weighted by Crippen LogP contribution is -2.35. The Balaban J connectivity index is 2.87. The topological polar surface area (TPSA) is 76.2 Å². The summed E-state index contributed by atoms with van der Waals surface area (Å²) < 4.78 is 1.79. The standard InChI is InChI=1S/C13H25N5O/c1-6-7-10-11(14)13(18(5)16-10)17(4)8-9(2)12(19)15-3/h9H,6-8,14H2,1-5H3,(H,15,19). The lowest BCUT2D eigenvalue weighted by molar-refractivity contribution is -0.123. The van der Waals surface area contributed by atoms with Gasteiger partial charge in [-0.2, -0.15) is 5.10 Å². The van der Waals surface area contributed by atoms with Gasteiger partial charge in [-0.3, -0.25) is 9.48 Å². The molecule has 1 aromatic rings. The van der Waals surface area contributed by atoms with Crippen molar-refractivity contribution in [3.63, 3.8) is 0 Å². The van der Waals surface area contributed by atoms with E-state index in [1.165, 1.54) is 0 Å². The van der Waals surface area contributed by atoms with Crippen molar-refractivity contribution in [3.8, 4) is 0 Å². The van der Waals surface area contributed by atoms with Gasteiger partial charge in [0.05, 0.1) is 17.3 Å². The summed E-state index contributed by atoms with van der Waals surface area (Å²) in [5, 5.41) is 7.10. The molecule has 0 aliphatic heterocycles. The van der Waals surface area contributed by atoms with E-state index in [4.69, 9.17) is 5.73 Å². The van der Waals surface area contributed by atoms with Crippen LogP contribution in [0.1, 0.15) is 26.0 Å². The van der Waals surface area contributed by atoms with Crippen molar-refractivity contribution < 1.29 is 4.79 Å². The average molecular weight is 267 g/mol. The Morgan fingerprint density at radius 3 is 2.74 bits per heavy atom. The Hall–Kier alpha value is -1.72. The van der Waals surface area contributed by atoms with Crippen LogP contribution in [0.15, 0.2) is 0 Å². The molecule has 3 N–H and O–H groups in total. The maximum Gasteiger partial charge on any atom is 0.224 e. The first-order valence-corrected chi connectivity index (χ1v) is 6.66. The van der Waals surface area contributed by atoms with Crippen LogP contribution in [-0.2, 0) is 18.3 Å². The van der Waals surface area contributed by atoms with Crippen LogP contribution in [0, 0.1) is 5.92 Å². The van der Waals surface area contributed by atoms with E-state index in [9.17, 15) is 4.79 Å². The maximum absolute atomic E-state index is 11.6. The first-order valence-electron chi connectivity index (χ1n) is 6.66. The lowest BCUT2D eigenvalue weighted by Gasteiger charge is -2.23. The molecule has 1 aromatic heterocycles. The average Bonchev–Trinajstić information content (AvgIpc) is 2.63. The minimum atomic E-state index is -0.0982. The summed E-state index contributed by atoms with van der Waals surface area (Å²) in [6.45, 7) is 4.61. The summed E-state index contributed by atoms with van der Waals surface area (Å²) in [6, 6.07) is 0. The number of carbonyl (C=O) groups is 1. The summed E-state index contributed by atoms with van der Waals surface area (Å²) in [5.41, 5.74) is 7.80. The summed E-state index contributed by atoms with van der Waals surface area (Å²) in [7, 11) is 5.46. The number of aromatic nitrogens is 2. The number of hydrogen-bond donors (Lipinski definition) is 2. The number of nitrogens with zero attached hydrogens (tertiary/aromatic N) is 3. The number of nitrogens with two attached hydrogens (primary N) is 1. The number of anilines is 2. The van der Waals surface area contributed by atoms with E-state index in [2.05, 4.69) is 17.3 Å². The Kier molecular flexibility index (Phi) is 5.20. The van der Waals surface area contributed by atoms with Crippen LogP contribution >= 0.6 is 0 Å². The second kappa shape index (κ2) is 6.45. The van der Waals surface area contributed by atoms with Crippen LogP contribution in [-0.4, -0.2) is 36.3 Å². The highest BCUT2D eigenvalue weighted by molar-refractivity contribution is 5.79. The van der Waals surface area contributed by atoms with E-state index in [1.807, 2.05) is 25.9 Å². The van der Waals surface area contributed by atoms with Gasteiger partial charge in [0.2, 0.25) is 5.91 Å². The zero-order chi connectivity index (χ0) is 14.6. The normalized spacial score (nSPS) is 12.3. The Labute approximate surface area is 114 Å². The number of nitrogen functional groups attached to an aromatic ring is 1. The van der Waals surface area contributed by atoms with Crippen LogP contribution in [0.5, 0.6) is 0 Å². The molecule has 0 radical (unpaired) electrons. The monoisotopic (exact) mass is 267 g/mol. The highest BCUT2D eigenvalue weighted by atomic mass is 16.1. The van der Waals surface area contributed by atoms with Crippen molar-refractivity contribution in [3.05, 3.63) is 5.69 Å². The number of aryl methyl sites for hydroxylation is 2. The number of hydrogen-bond acceptors (Lipinski definition) is 4. The van der Waals surface area contributed by atoms with E-state index in [0.29, 0.717) is 6.54 Å². The molecule has 0 saturated carbocycles. The van der Waals surface area contributed by atoms with Crippen molar-refractivity contribution in [2.45, 2.75) is 26.7 Å². The SMILES string of the molecule is CCCc1nn(C)c(N(C)CC(C)C(=O)NC)c1N. The lowest BCUT2D eigenvalue weighted by atomic mass is 10.1. The molecule has 1 unspecified atom stereocenters. The molecule has 1 atom stereocenters. The van der Waals surface area contributed by atoms with E-state index in [1.54, 1.807) is 11.7 Å². The minimum Gasteiger partial charge on any atom is -0.394 e. The Morgan fingerprint density at radius 1 is 1.58 bits per heavy atom. The van der Waals surface area contributed by atoms with Crippen molar-refractivity contribution >= 4 is 17.4 Å². The molecule has 0 aliphatic carbocycles. The zero-order valence-electron chi connectivity index (χ0n) is 12.5. The smallest absolute Gasteiger partial charge is 0.224 e. The quantitative estimate of drug-likeness (QED) is 0.798. The molecule has 6 heteroatoms. The third-order valence-electron chi connectivity index (χ3n) is 3.22. The molecular weight excluding hydrogens is 242 g/mol. The molecule has 108 valence electrons. The van der Waals surface area contributed by atoms with Gasteiger partial charge in [0, 0.05) is 27.7 Å². The molecule has 0 bridgehead atoms. The Bertz CT molecular complexity index is 440. The van der Waals surface area contributed by atoms with Crippen LogP contribution in [0.25, 0.3) is 0 Å². The zero-order valence-corrected chi connectivity index (χ0v) is 12.5. The van der Waals surface area contributed by atoms with Crippen molar-refractivity contribution in [2.24, 2.45) is 13.0 Å². The first kappa shape index (κ1) is 15.3. The summed E-state index contributed by atoms with van der Waals surface area (Å²) in [6.07, 6.45) is 1.89. The molecule has 0 fully saturated rings. The van der Waals surface area contributed by atoms with E-state index in [0.717, 1.165) is 30.0 Å². The molecule has 6 nitrogen and oxygen atoms in total. The highest BCUT2D eigenvalue weighted by Crippen LogP contribution is 2.26. The second-order valence-corrected chi connectivity index (χ2v) is 4.95. The van der Waals surface area contributed by atoms with Gasteiger partial charge < -0.3 is 16.0 Å². The largest absolute Gasteiger partial charge is 0.394 e. The van der Waals surface area contributed by atoms with Gasteiger partial charge in [0.15, 0.2) is 0 Å². The van der Waals surface area contributed by atoms with Gasteiger partial charge in [-0.05, 0) is 6.42 Å². The molecule has 0 aromatic carbocycles. The molecule has 1 amide bonds. The van der Waals surface area contributed by atoms with Crippen LogP contribution in [0.2, 0.25) is 0 Å². The van der Waals surface area contributed by atoms with Crippen LogP contribution in [0.3, 0.4) is 0 Å².